The Morgan fingerprint density at radius 1 is 1.06 bits per heavy atom. The number of carbonyl (C=O) groups is 2. The van der Waals surface area contributed by atoms with Gasteiger partial charge in [0.25, 0.3) is 0 Å². The largest absolute Gasteiger partial charge is 0.352 e. The zero-order chi connectivity index (χ0) is 24.0. The van der Waals surface area contributed by atoms with Crippen LogP contribution in [-0.4, -0.2) is 50.0 Å². The van der Waals surface area contributed by atoms with Crippen LogP contribution in [0.15, 0.2) is 54.6 Å². The summed E-state index contributed by atoms with van der Waals surface area (Å²) < 4.78 is 40.3. The molecular formula is C24H30FN3O4S. The maximum absolute atomic E-state index is 14.4. The molecule has 33 heavy (non-hydrogen) atoms. The van der Waals surface area contributed by atoms with E-state index in [0.717, 1.165) is 36.2 Å². The topological polar surface area (TPSA) is 86.8 Å². The Bertz CT molecular complexity index is 1070. The second kappa shape index (κ2) is 10.8. The standard InChI is InChI=1S/C24H30FN3O4S/c1-18(24(30)26-20-11-7-8-12-20)27(16-19-10-6-9-15-22(19)25)23(29)17-28(33(2,31)32)21-13-4-3-5-14-21/h3-6,9-10,13-15,18,20H,7-8,11-12,16-17H2,1-2H3,(H,26,30). The van der Waals surface area contributed by atoms with Crippen LogP contribution in [0.25, 0.3) is 0 Å². The molecule has 1 atom stereocenters. The molecule has 7 nitrogen and oxygen atoms in total. The number of halogens is 1. The molecule has 0 heterocycles. The summed E-state index contributed by atoms with van der Waals surface area (Å²) in [5.41, 5.74) is 0.583. The summed E-state index contributed by atoms with van der Waals surface area (Å²) in [5.74, 6) is -1.43. The van der Waals surface area contributed by atoms with Gasteiger partial charge in [0.15, 0.2) is 0 Å². The molecule has 9 heteroatoms. The highest BCUT2D eigenvalue weighted by Crippen LogP contribution is 2.21. The summed E-state index contributed by atoms with van der Waals surface area (Å²) >= 11 is 0. The van der Waals surface area contributed by atoms with E-state index in [1.165, 1.54) is 11.0 Å². The number of para-hydroxylation sites is 1. The average Bonchev–Trinajstić information content (AvgIpc) is 3.29. The molecule has 1 aliphatic rings. The van der Waals surface area contributed by atoms with Crippen molar-refractivity contribution in [3.05, 3.63) is 66.0 Å². The molecule has 0 aromatic heterocycles. The number of hydrogen-bond donors (Lipinski definition) is 1. The van der Waals surface area contributed by atoms with Gasteiger partial charge in [-0.3, -0.25) is 13.9 Å². The van der Waals surface area contributed by atoms with Gasteiger partial charge >= 0.3 is 0 Å². The van der Waals surface area contributed by atoms with Crippen LogP contribution in [0.1, 0.15) is 38.2 Å². The van der Waals surface area contributed by atoms with E-state index in [-0.39, 0.29) is 24.1 Å². The van der Waals surface area contributed by atoms with Gasteiger partial charge in [0.2, 0.25) is 21.8 Å². The Balaban J connectivity index is 1.87. The van der Waals surface area contributed by atoms with E-state index in [2.05, 4.69) is 5.32 Å². The number of anilines is 1. The van der Waals surface area contributed by atoms with Crippen LogP contribution in [0.3, 0.4) is 0 Å². The number of rotatable bonds is 9. The van der Waals surface area contributed by atoms with Crippen molar-refractivity contribution in [1.82, 2.24) is 10.2 Å². The van der Waals surface area contributed by atoms with Crippen molar-refractivity contribution in [2.24, 2.45) is 0 Å². The maximum atomic E-state index is 14.4. The zero-order valence-corrected chi connectivity index (χ0v) is 19.7. The van der Waals surface area contributed by atoms with Crippen molar-refractivity contribution in [1.29, 1.82) is 0 Å². The number of sulfonamides is 1. The molecular weight excluding hydrogens is 445 g/mol. The van der Waals surface area contributed by atoms with E-state index < -0.39 is 34.3 Å². The van der Waals surface area contributed by atoms with Gasteiger partial charge in [-0.05, 0) is 38.0 Å². The quantitative estimate of drug-likeness (QED) is 0.604. The number of nitrogens with zero attached hydrogens (tertiary/aromatic N) is 2. The maximum Gasteiger partial charge on any atom is 0.244 e. The fourth-order valence-corrected chi connectivity index (χ4v) is 4.84. The first-order valence-electron chi connectivity index (χ1n) is 11.0. The molecule has 0 radical (unpaired) electrons. The highest BCUT2D eigenvalue weighted by atomic mass is 32.2. The van der Waals surface area contributed by atoms with Crippen LogP contribution in [0.4, 0.5) is 10.1 Å². The van der Waals surface area contributed by atoms with E-state index in [0.29, 0.717) is 5.69 Å². The Labute approximate surface area is 194 Å². The van der Waals surface area contributed by atoms with Crippen molar-refractivity contribution in [3.8, 4) is 0 Å². The highest BCUT2D eigenvalue weighted by molar-refractivity contribution is 7.92. The first-order chi connectivity index (χ1) is 15.7. The van der Waals surface area contributed by atoms with Crippen LogP contribution in [-0.2, 0) is 26.2 Å². The van der Waals surface area contributed by atoms with Crippen LogP contribution in [0.2, 0.25) is 0 Å². The van der Waals surface area contributed by atoms with Crippen LogP contribution in [0, 0.1) is 5.82 Å². The van der Waals surface area contributed by atoms with E-state index in [9.17, 15) is 22.4 Å². The molecule has 1 fully saturated rings. The smallest absolute Gasteiger partial charge is 0.244 e. The van der Waals surface area contributed by atoms with Crippen molar-refractivity contribution in [2.75, 3.05) is 17.1 Å². The molecule has 2 aromatic rings. The molecule has 0 saturated heterocycles. The lowest BCUT2D eigenvalue weighted by Gasteiger charge is -2.32. The lowest BCUT2D eigenvalue weighted by molar-refractivity contribution is -0.139. The first-order valence-corrected chi connectivity index (χ1v) is 12.9. The number of benzene rings is 2. The van der Waals surface area contributed by atoms with Gasteiger partial charge in [-0.25, -0.2) is 12.8 Å². The molecule has 0 aliphatic heterocycles. The summed E-state index contributed by atoms with van der Waals surface area (Å²) in [5, 5.41) is 2.97. The van der Waals surface area contributed by atoms with Crippen molar-refractivity contribution in [2.45, 2.75) is 51.2 Å². The third-order valence-electron chi connectivity index (χ3n) is 5.89. The van der Waals surface area contributed by atoms with Gasteiger partial charge in [-0.2, -0.15) is 0 Å². The molecule has 2 aromatic carbocycles. The van der Waals surface area contributed by atoms with E-state index in [1.54, 1.807) is 55.5 Å². The van der Waals surface area contributed by atoms with Gasteiger partial charge < -0.3 is 10.2 Å². The van der Waals surface area contributed by atoms with E-state index in [4.69, 9.17) is 0 Å². The van der Waals surface area contributed by atoms with Gasteiger partial charge in [0.1, 0.15) is 18.4 Å². The molecule has 0 bridgehead atoms. The third kappa shape index (κ3) is 6.54. The first kappa shape index (κ1) is 24.7. The average molecular weight is 476 g/mol. The SMILES string of the molecule is CC(C(=O)NC1CCCC1)N(Cc1ccccc1F)C(=O)CN(c1ccccc1)S(C)(=O)=O. The number of amides is 2. The van der Waals surface area contributed by atoms with E-state index >= 15 is 0 Å². The fraction of sp³-hybridized carbons (Fsp3) is 0.417. The van der Waals surface area contributed by atoms with E-state index in [1.807, 2.05) is 0 Å². The van der Waals surface area contributed by atoms with Gasteiger partial charge in [0, 0.05) is 18.2 Å². The summed E-state index contributed by atoms with van der Waals surface area (Å²) in [6.45, 7) is 0.922. The Hall–Kier alpha value is -2.94. The second-order valence-corrected chi connectivity index (χ2v) is 10.3. The van der Waals surface area contributed by atoms with Crippen molar-refractivity contribution < 1.29 is 22.4 Å². The predicted octanol–water partition coefficient (Wildman–Crippen LogP) is 3.07. The van der Waals surface area contributed by atoms with Crippen molar-refractivity contribution >= 4 is 27.5 Å². The molecule has 1 aliphatic carbocycles. The van der Waals surface area contributed by atoms with Crippen LogP contribution >= 0.6 is 0 Å². The molecule has 1 unspecified atom stereocenters. The monoisotopic (exact) mass is 475 g/mol. The summed E-state index contributed by atoms with van der Waals surface area (Å²) in [6, 6.07) is 13.4. The minimum Gasteiger partial charge on any atom is -0.352 e. The predicted molar refractivity (Wildman–Crippen MR) is 125 cm³/mol. The van der Waals surface area contributed by atoms with Crippen molar-refractivity contribution in [3.63, 3.8) is 0 Å². The lowest BCUT2D eigenvalue weighted by atomic mass is 10.1. The molecule has 2 amide bonds. The minimum absolute atomic E-state index is 0.0576. The Kier molecular flexibility index (Phi) is 8.07. The molecule has 178 valence electrons. The summed E-state index contributed by atoms with van der Waals surface area (Å²) in [4.78, 5) is 27.6. The van der Waals surface area contributed by atoms with Gasteiger partial charge in [-0.15, -0.1) is 0 Å². The molecule has 0 spiro atoms. The number of nitrogens with one attached hydrogen (secondary N) is 1. The Morgan fingerprint density at radius 2 is 1.67 bits per heavy atom. The molecule has 1 N–H and O–H groups in total. The van der Waals surface area contributed by atoms with Crippen LogP contribution in [0.5, 0.6) is 0 Å². The van der Waals surface area contributed by atoms with Gasteiger partial charge in [-0.1, -0.05) is 49.2 Å². The minimum atomic E-state index is -3.78. The second-order valence-electron chi connectivity index (χ2n) is 8.38. The molecule has 1 saturated carbocycles. The van der Waals surface area contributed by atoms with Gasteiger partial charge in [0.05, 0.1) is 11.9 Å². The zero-order valence-electron chi connectivity index (χ0n) is 18.9. The number of carbonyl (C=O) groups excluding carboxylic acids is 2. The normalized spacial score (nSPS) is 15.1. The third-order valence-corrected chi connectivity index (χ3v) is 7.03. The Morgan fingerprint density at radius 3 is 2.27 bits per heavy atom. The fourth-order valence-electron chi connectivity index (χ4n) is 3.99. The lowest BCUT2D eigenvalue weighted by Crippen LogP contribution is -2.52. The van der Waals surface area contributed by atoms with Crippen LogP contribution < -0.4 is 9.62 Å². The summed E-state index contributed by atoms with van der Waals surface area (Å²) in [6.07, 6.45) is 4.87. The summed E-state index contributed by atoms with van der Waals surface area (Å²) in [7, 11) is -3.78. The molecule has 3 rings (SSSR count). The highest BCUT2D eigenvalue weighted by Gasteiger charge is 2.31. The number of hydrogen-bond acceptors (Lipinski definition) is 4.